The third kappa shape index (κ3) is 2.99. The molecule has 26 heavy (non-hydrogen) atoms. The van der Waals surface area contributed by atoms with Crippen LogP contribution in [0.15, 0.2) is 59.5 Å². The van der Waals surface area contributed by atoms with Crippen LogP contribution in [-0.4, -0.2) is 15.0 Å². The van der Waals surface area contributed by atoms with Crippen LogP contribution in [0.4, 0.5) is 5.69 Å². The number of allylic oxidation sites excluding steroid dienone is 2. The smallest absolute Gasteiger partial charge is 0.238 e. The molecule has 0 amide bonds. The van der Waals surface area contributed by atoms with Gasteiger partial charge in [-0.2, -0.15) is 0 Å². The minimum absolute atomic E-state index is 0.164. The molecule has 3 unspecified atom stereocenters. The van der Waals surface area contributed by atoms with E-state index in [4.69, 9.17) is 9.88 Å². The Bertz CT molecular complexity index is 952. The lowest BCUT2D eigenvalue weighted by molar-refractivity contribution is 0.340. The van der Waals surface area contributed by atoms with Crippen molar-refractivity contribution in [3.05, 3.63) is 65.7 Å². The second-order valence-corrected chi connectivity index (χ2v) is 8.33. The van der Waals surface area contributed by atoms with Gasteiger partial charge in [-0.25, -0.2) is 13.6 Å². The number of fused-ring (bicyclic) bond motifs is 3. The van der Waals surface area contributed by atoms with Gasteiger partial charge < -0.3 is 10.1 Å². The molecule has 0 aromatic heterocycles. The molecule has 0 saturated carbocycles. The van der Waals surface area contributed by atoms with Crippen molar-refractivity contribution in [3.63, 3.8) is 0 Å². The van der Waals surface area contributed by atoms with Gasteiger partial charge in [-0.3, -0.25) is 0 Å². The summed E-state index contributed by atoms with van der Waals surface area (Å²) >= 11 is 0. The number of hydrogen-bond donors (Lipinski definition) is 2. The first-order chi connectivity index (χ1) is 12.5. The lowest BCUT2D eigenvalue weighted by Gasteiger charge is -2.37. The Labute approximate surface area is 153 Å². The SMILES string of the molecule is CCOc1ccc(C2Nc3ccc(S(N)(=O)=O)cc3C3C=CCC32)cc1. The Morgan fingerprint density at radius 3 is 2.65 bits per heavy atom. The van der Waals surface area contributed by atoms with E-state index in [1.165, 1.54) is 5.56 Å². The molecule has 2 aliphatic rings. The summed E-state index contributed by atoms with van der Waals surface area (Å²) in [6.45, 7) is 2.62. The van der Waals surface area contributed by atoms with Gasteiger partial charge in [0, 0.05) is 11.6 Å². The zero-order valence-electron chi connectivity index (χ0n) is 14.6. The Morgan fingerprint density at radius 1 is 1.19 bits per heavy atom. The fraction of sp³-hybridized carbons (Fsp3) is 0.300. The van der Waals surface area contributed by atoms with Crippen molar-refractivity contribution >= 4 is 15.7 Å². The van der Waals surface area contributed by atoms with Crippen molar-refractivity contribution in [2.75, 3.05) is 11.9 Å². The van der Waals surface area contributed by atoms with Crippen molar-refractivity contribution < 1.29 is 13.2 Å². The van der Waals surface area contributed by atoms with E-state index in [1.54, 1.807) is 12.1 Å². The third-order valence-corrected chi connectivity index (χ3v) is 6.12. The molecule has 1 heterocycles. The van der Waals surface area contributed by atoms with Gasteiger partial charge in [0.1, 0.15) is 5.75 Å². The molecule has 136 valence electrons. The minimum atomic E-state index is -3.71. The van der Waals surface area contributed by atoms with Gasteiger partial charge in [-0.1, -0.05) is 24.3 Å². The molecule has 1 aliphatic carbocycles. The highest BCUT2D eigenvalue weighted by Crippen LogP contribution is 2.50. The van der Waals surface area contributed by atoms with E-state index in [0.717, 1.165) is 23.4 Å². The predicted octanol–water partition coefficient (Wildman–Crippen LogP) is 3.56. The fourth-order valence-electron chi connectivity index (χ4n) is 4.02. The average molecular weight is 370 g/mol. The van der Waals surface area contributed by atoms with Crippen LogP contribution < -0.4 is 15.2 Å². The maximum atomic E-state index is 11.7. The number of primary sulfonamides is 1. The summed E-state index contributed by atoms with van der Waals surface area (Å²) in [6, 6.07) is 13.4. The molecule has 2 aromatic rings. The number of benzene rings is 2. The van der Waals surface area contributed by atoms with Gasteiger partial charge in [-0.15, -0.1) is 0 Å². The molecule has 0 fully saturated rings. The van der Waals surface area contributed by atoms with E-state index in [2.05, 4.69) is 29.6 Å². The van der Waals surface area contributed by atoms with Crippen LogP contribution in [0.2, 0.25) is 0 Å². The number of ether oxygens (including phenoxy) is 1. The summed E-state index contributed by atoms with van der Waals surface area (Å²) < 4.78 is 29.0. The van der Waals surface area contributed by atoms with E-state index in [1.807, 2.05) is 25.1 Å². The van der Waals surface area contributed by atoms with Crippen molar-refractivity contribution in [2.45, 2.75) is 30.2 Å². The summed E-state index contributed by atoms with van der Waals surface area (Å²) in [7, 11) is -3.71. The van der Waals surface area contributed by atoms with Gasteiger partial charge in [-0.05, 0) is 60.7 Å². The van der Waals surface area contributed by atoms with Gasteiger partial charge in [0.05, 0.1) is 17.5 Å². The number of nitrogens with two attached hydrogens (primary N) is 1. The number of anilines is 1. The lowest BCUT2D eigenvalue weighted by atomic mass is 9.77. The molecule has 6 heteroatoms. The molecule has 4 rings (SSSR count). The molecule has 2 aromatic carbocycles. The predicted molar refractivity (Wildman–Crippen MR) is 102 cm³/mol. The number of hydrogen-bond acceptors (Lipinski definition) is 4. The Balaban J connectivity index is 1.71. The molecule has 1 aliphatic heterocycles. The van der Waals surface area contributed by atoms with Crippen molar-refractivity contribution in [3.8, 4) is 5.75 Å². The van der Waals surface area contributed by atoms with E-state index in [-0.39, 0.29) is 16.9 Å². The van der Waals surface area contributed by atoms with Crippen molar-refractivity contribution in [1.29, 1.82) is 0 Å². The quantitative estimate of drug-likeness (QED) is 0.807. The summed E-state index contributed by atoms with van der Waals surface area (Å²) in [5.74, 6) is 1.40. The highest BCUT2D eigenvalue weighted by Gasteiger charge is 2.38. The zero-order valence-corrected chi connectivity index (χ0v) is 15.4. The monoisotopic (exact) mass is 370 g/mol. The summed E-state index contributed by atoms with van der Waals surface area (Å²) in [5, 5.41) is 8.90. The van der Waals surface area contributed by atoms with Crippen LogP contribution in [0.1, 0.15) is 36.4 Å². The van der Waals surface area contributed by atoms with Gasteiger partial charge in [0.25, 0.3) is 0 Å². The van der Waals surface area contributed by atoms with Crippen LogP contribution in [-0.2, 0) is 10.0 Å². The first-order valence-electron chi connectivity index (χ1n) is 8.80. The molecular weight excluding hydrogens is 348 g/mol. The van der Waals surface area contributed by atoms with Crippen LogP contribution in [0.5, 0.6) is 5.75 Å². The maximum absolute atomic E-state index is 11.7. The molecule has 0 saturated heterocycles. The van der Waals surface area contributed by atoms with E-state index < -0.39 is 10.0 Å². The number of sulfonamides is 1. The summed E-state index contributed by atoms with van der Waals surface area (Å²) in [4.78, 5) is 0.164. The van der Waals surface area contributed by atoms with E-state index >= 15 is 0 Å². The van der Waals surface area contributed by atoms with Crippen LogP contribution in [0, 0.1) is 5.92 Å². The average Bonchev–Trinajstić information content (AvgIpc) is 3.11. The summed E-state index contributed by atoms with van der Waals surface area (Å²) in [6.07, 6.45) is 5.31. The molecule has 0 bridgehead atoms. The Morgan fingerprint density at radius 2 is 1.96 bits per heavy atom. The number of rotatable bonds is 4. The molecule has 5 nitrogen and oxygen atoms in total. The van der Waals surface area contributed by atoms with Crippen LogP contribution in [0.3, 0.4) is 0 Å². The van der Waals surface area contributed by atoms with E-state index in [9.17, 15) is 8.42 Å². The lowest BCUT2D eigenvalue weighted by Crippen LogP contribution is -2.29. The second-order valence-electron chi connectivity index (χ2n) is 6.77. The topological polar surface area (TPSA) is 81.4 Å². The zero-order chi connectivity index (χ0) is 18.3. The molecule has 3 N–H and O–H groups in total. The molecule has 0 radical (unpaired) electrons. The van der Waals surface area contributed by atoms with Crippen LogP contribution in [0.25, 0.3) is 0 Å². The summed E-state index contributed by atoms with van der Waals surface area (Å²) in [5.41, 5.74) is 3.16. The van der Waals surface area contributed by atoms with Gasteiger partial charge in [0.2, 0.25) is 10.0 Å². The van der Waals surface area contributed by atoms with Gasteiger partial charge in [0.15, 0.2) is 0 Å². The maximum Gasteiger partial charge on any atom is 0.238 e. The Hall–Kier alpha value is -2.31. The second kappa shape index (κ2) is 6.45. The first kappa shape index (κ1) is 17.1. The standard InChI is InChI=1S/C20H22N2O3S/c1-2-25-14-8-6-13(7-9-14)20-17-5-3-4-16(17)18-12-15(26(21,23)24)10-11-19(18)22-20/h3-4,6-12,16-17,20,22H,2,5H2,1H3,(H2,21,23,24). The molecular formula is C20H22N2O3S. The molecule has 3 atom stereocenters. The normalized spacial score (nSPS) is 23.8. The fourth-order valence-corrected chi connectivity index (χ4v) is 4.57. The van der Waals surface area contributed by atoms with Gasteiger partial charge >= 0.3 is 0 Å². The van der Waals surface area contributed by atoms with Crippen molar-refractivity contribution in [2.24, 2.45) is 11.1 Å². The highest BCUT2D eigenvalue weighted by atomic mass is 32.2. The Kier molecular flexibility index (Phi) is 4.25. The minimum Gasteiger partial charge on any atom is -0.494 e. The third-order valence-electron chi connectivity index (χ3n) is 5.21. The first-order valence-corrected chi connectivity index (χ1v) is 10.3. The highest BCUT2D eigenvalue weighted by molar-refractivity contribution is 7.89. The molecule has 0 spiro atoms. The van der Waals surface area contributed by atoms with Crippen molar-refractivity contribution in [1.82, 2.24) is 0 Å². The van der Waals surface area contributed by atoms with Crippen LogP contribution >= 0.6 is 0 Å². The van der Waals surface area contributed by atoms with E-state index in [0.29, 0.717) is 12.5 Å². The number of nitrogens with one attached hydrogen (secondary N) is 1. The largest absolute Gasteiger partial charge is 0.494 e.